The number of ether oxygens (including phenoxy) is 1. The fourth-order valence-corrected chi connectivity index (χ4v) is 2.85. The van der Waals surface area contributed by atoms with Gasteiger partial charge in [-0.05, 0) is 41.7 Å². The molecule has 0 radical (unpaired) electrons. The van der Waals surface area contributed by atoms with Crippen LogP contribution in [0.4, 0.5) is 4.39 Å². The quantitative estimate of drug-likeness (QED) is 0.691. The third kappa shape index (κ3) is 7.24. The monoisotopic (exact) mass is 359 g/mol. The van der Waals surface area contributed by atoms with E-state index in [1.165, 1.54) is 23.3 Å². The lowest BCUT2D eigenvalue weighted by molar-refractivity contribution is 0.00551. The molecule has 0 amide bonds. The summed E-state index contributed by atoms with van der Waals surface area (Å²) in [6, 6.07) is 14.8. The molecule has 0 heterocycles. The molecule has 0 fully saturated rings. The van der Waals surface area contributed by atoms with E-state index in [-0.39, 0.29) is 5.82 Å². The average Bonchev–Trinajstić information content (AvgIpc) is 2.58. The summed E-state index contributed by atoms with van der Waals surface area (Å²) in [4.78, 5) is 2.18. The number of aryl methyl sites for hydroxylation is 1. The lowest BCUT2D eigenvalue weighted by Crippen LogP contribution is -2.34. The summed E-state index contributed by atoms with van der Waals surface area (Å²) < 4.78 is 18.7. The Morgan fingerprint density at radius 3 is 2.35 bits per heavy atom. The lowest BCUT2D eigenvalue weighted by Gasteiger charge is -2.26. The molecule has 0 aliphatic heterocycles. The Morgan fingerprint density at radius 1 is 1.00 bits per heavy atom. The standard InChI is InChI=1S/C22H30FNO2/c1-17(2)15-26-16-22(25)14-24(12-19-8-10-21(23)11-9-19)13-20-7-5-4-6-18(20)3/h4-11,17,22,25H,12-16H2,1-3H3/t22-/m1/s1. The van der Waals surface area contributed by atoms with Crippen LogP contribution in [-0.4, -0.2) is 35.9 Å². The van der Waals surface area contributed by atoms with Crippen molar-refractivity contribution >= 4 is 0 Å². The maximum atomic E-state index is 13.2. The third-order valence-corrected chi connectivity index (χ3v) is 4.21. The third-order valence-electron chi connectivity index (χ3n) is 4.21. The minimum absolute atomic E-state index is 0.235. The van der Waals surface area contributed by atoms with E-state index < -0.39 is 6.10 Å². The molecule has 0 aliphatic rings. The highest BCUT2D eigenvalue weighted by atomic mass is 19.1. The predicted octanol–water partition coefficient (Wildman–Crippen LogP) is 4.17. The van der Waals surface area contributed by atoms with Crippen molar-refractivity contribution in [3.63, 3.8) is 0 Å². The molecule has 0 unspecified atom stereocenters. The van der Waals surface area contributed by atoms with Crippen LogP contribution < -0.4 is 0 Å². The van der Waals surface area contributed by atoms with Crippen molar-refractivity contribution in [3.05, 3.63) is 71.0 Å². The SMILES string of the molecule is Cc1ccccc1CN(Cc1ccc(F)cc1)C[C@@H](O)COCC(C)C. The number of aliphatic hydroxyl groups is 1. The van der Waals surface area contributed by atoms with E-state index in [0.717, 1.165) is 12.1 Å². The molecule has 0 aliphatic carbocycles. The second-order valence-electron chi connectivity index (χ2n) is 7.31. The molecular formula is C22H30FNO2. The van der Waals surface area contributed by atoms with Gasteiger partial charge in [0.2, 0.25) is 0 Å². The molecule has 0 saturated heterocycles. The van der Waals surface area contributed by atoms with Gasteiger partial charge in [0.15, 0.2) is 0 Å². The number of rotatable bonds is 10. The molecule has 2 rings (SSSR count). The van der Waals surface area contributed by atoms with Gasteiger partial charge in [-0.25, -0.2) is 4.39 Å². The molecule has 2 aromatic carbocycles. The Morgan fingerprint density at radius 2 is 1.69 bits per heavy atom. The number of aliphatic hydroxyl groups excluding tert-OH is 1. The van der Waals surface area contributed by atoms with Crippen molar-refractivity contribution in [1.82, 2.24) is 4.90 Å². The normalized spacial score (nSPS) is 12.7. The Kier molecular flexibility index (Phi) is 8.23. The summed E-state index contributed by atoms with van der Waals surface area (Å²) in [6.45, 7) is 9.12. The summed E-state index contributed by atoms with van der Waals surface area (Å²) in [7, 11) is 0. The second-order valence-corrected chi connectivity index (χ2v) is 7.31. The average molecular weight is 359 g/mol. The smallest absolute Gasteiger partial charge is 0.123 e. The van der Waals surface area contributed by atoms with Crippen molar-refractivity contribution in [1.29, 1.82) is 0 Å². The first kappa shape index (κ1) is 20.6. The molecule has 26 heavy (non-hydrogen) atoms. The van der Waals surface area contributed by atoms with Gasteiger partial charge in [0.25, 0.3) is 0 Å². The molecule has 1 atom stereocenters. The largest absolute Gasteiger partial charge is 0.389 e. The maximum Gasteiger partial charge on any atom is 0.123 e. The van der Waals surface area contributed by atoms with E-state index in [9.17, 15) is 9.50 Å². The van der Waals surface area contributed by atoms with E-state index in [1.807, 2.05) is 12.1 Å². The van der Waals surface area contributed by atoms with E-state index in [4.69, 9.17) is 4.74 Å². The number of hydrogen-bond donors (Lipinski definition) is 1. The van der Waals surface area contributed by atoms with Gasteiger partial charge in [0.05, 0.1) is 12.7 Å². The highest BCUT2D eigenvalue weighted by molar-refractivity contribution is 5.25. The predicted molar refractivity (Wildman–Crippen MR) is 103 cm³/mol. The van der Waals surface area contributed by atoms with Crippen molar-refractivity contribution in [2.75, 3.05) is 19.8 Å². The lowest BCUT2D eigenvalue weighted by atomic mass is 10.1. The molecule has 2 aromatic rings. The number of benzene rings is 2. The molecule has 0 spiro atoms. The van der Waals surface area contributed by atoms with Crippen LogP contribution in [0.3, 0.4) is 0 Å². The first-order chi connectivity index (χ1) is 12.4. The van der Waals surface area contributed by atoms with Crippen molar-refractivity contribution < 1.29 is 14.2 Å². The minimum Gasteiger partial charge on any atom is -0.389 e. The Balaban J connectivity index is 2.02. The Bertz CT molecular complexity index is 657. The molecule has 1 N–H and O–H groups in total. The molecule has 142 valence electrons. The fourth-order valence-electron chi connectivity index (χ4n) is 2.85. The summed E-state index contributed by atoms with van der Waals surface area (Å²) in [5.41, 5.74) is 3.47. The van der Waals surface area contributed by atoms with Gasteiger partial charge in [0, 0.05) is 26.2 Å². The van der Waals surface area contributed by atoms with E-state index in [2.05, 4.69) is 37.8 Å². The van der Waals surface area contributed by atoms with Crippen LogP contribution in [-0.2, 0) is 17.8 Å². The van der Waals surface area contributed by atoms with Gasteiger partial charge in [-0.15, -0.1) is 0 Å². The van der Waals surface area contributed by atoms with Crippen LogP contribution in [0, 0.1) is 18.7 Å². The van der Waals surface area contributed by atoms with E-state index in [1.54, 1.807) is 12.1 Å². The van der Waals surface area contributed by atoms with Crippen LogP contribution in [0.25, 0.3) is 0 Å². The van der Waals surface area contributed by atoms with Gasteiger partial charge in [-0.1, -0.05) is 50.2 Å². The zero-order valence-corrected chi connectivity index (χ0v) is 16.0. The topological polar surface area (TPSA) is 32.7 Å². The van der Waals surface area contributed by atoms with Crippen molar-refractivity contribution in [3.8, 4) is 0 Å². The maximum absolute atomic E-state index is 13.2. The number of halogens is 1. The number of hydrogen-bond acceptors (Lipinski definition) is 3. The van der Waals surface area contributed by atoms with Gasteiger partial charge in [-0.3, -0.25) is 4.90 Å². The van der Waals surface area contributed by atoms with E-state index in [0.29, 0.717) is 32.2 Å². The minimum atomic E-state index is -0.557. The van der Waals surface area contributed by atoms with Crippen LogP contribution >= 0.6 is 0 Å². The molecule has 4 heteroatoms. The van der Waals surface area contributed by atoms with E-state index >= 15 is 0 Å². The number of nitrogens with zero attached hydrogens (tertiary/aromatic N) is 1. The zero-order valence-electron chi connectivity index (χ0n) is 16.0. The first-order valence-electron chi connectivity index (χ1n) is 9.21. The van der Waals surface area contributed by atoms with Gasteiger partial charge in [0.1, 0.15) is 5.82 Å². The van der Waals surface area contributed by atoms with Crippen molar-refractivity contribution in [2.45, 2.75) is 40.0 Å². The molecule has 3 nitrogen and oxygen atoms in total. The van der Waals surface area contributed by atoms with Crippen LogP contribution in [0.2, 0.25) is 0 Å². The second kappa shape index (κ2) is 10.4. The van der Waals surface area contributed by atoms with Crippen LogP contribution in [0.5, 0.6) is 0 Å². The summed E-state index contributed by atoms with van der Waals surface area (Å²) in [5.74, 6) is 0.214. The fraction of sp³-hybridized carbons (Fsp3) is 0.455. The first-order valence-corrected chi connectivity index (χ1v) is 9.21. The van der Waals surface area contributed by atoms with Crippen LogP contribution in [0.1, 0.15) is 30.5 Å². The van der Waals surface area contributed by atoms with Gasteiger partial charge < -0.3 is 9.84 Å². The van der Waals surface area contributed by atoms with Gasteiger partial charge in [-0.2, -0.15) is 0 Å². The molecule has 0 saturated carbocycles. The summed E-state index contributed by atoms with van der Waals surface area (Å²) >= 11 is 0. The molecule has 0 bridgehead atoms. The molecule has 0 aromatic heterocycles. The Labute approximate surface area is 156 Å². The Hall–Kier alpha value is -1.75. The highest BCUT2D eigenvalue weighted by Gasteiger charge is 2.14. The van der Waals surface area contributed by atoms with Crippen LogP contribution in [0.15, 0.2) is 48.5 Å². The molecular weight excluding hydrogens is 329 g/mol. The highest BCUT2D eigenvalue weighted by Crippen LogP contribution is 2.14. The zero-order chi connectivity index (χ0) is 18.9. The van der Waals surface area contributed by atoms with Crippen molar-refractivity contribution in [2.24, 2.45) is 5.92 Å². The van der Waals surface area contributed by atoms with Gasteiger partial charge >= 0.3 is 0 Å². The summed E-state index contributed by atoms with van der Waals surface area (Å²) in [5, 5.41) is 10.4. The summed E-state index contributed by atoms with van der Waals surface area (Å²) in [6.07, 6.45) is -0.557.